The number of rotatable bonds is 5. The van der Waals surface area contributed by atoms with E-state index >= 15 is 0 Å². The van der Waals surface area contributed by atoms with E-state index in [0.29, 0.717) is 0 Å². The summed E-state index contributed by atoms with van der Waals surface area (Å²) >= 11 is 0. The number of alkyl halides is 5. The predicted octanol–water partition coefficient (Wildman–Crippen LogP) is 1.15. The van der Waals surface area contributed by atoms with Crippen molar-refractivity contribution in [1.82, 2.24) is 0 Å². The van der Waals surface area contributed by atoms with Crippen LogP contribution in [0.5, 0.6) is 0 Å². The minimum absolute atomic E-state index is 1.75. The molecule has 0 radical (unpaired) electrons. The molecule has 0 aliphatic heterocycles. The highest BCUT2D eigenvalue weighted by molar-refractivity contribution is 7.85. The van der Waals surface area contributed by atoms with Gasteiger partial charge in [0.1, 0.15) is 5.75 Å². The minimum atomic E-state index is -4.85. The Morgan fingerprint density at radius 2 is 1.43 bits per heavy atom. The smallest absolute Gasteiger partial charge is 0.272 e. The second kappa shape index (κ2) is 4.87. The Labute approximate surface area is 76.7 Å². The van der Waals surface area contributed by atoms with Gasteiger partial charge in [0.25, 0.3) is 16.5 Å². The van der Waals surface area contributed by atoms with Gasteiger partial charge in [0.15, 0.2) is 18.5 Å². The molecule has 3 atom stereocenters. The van der Waals surface area contributed by atoms with Crippen LogP contribution in [-0.4, -0.2) is 43.7 Å². The van der Waals surface area contributed by atoms with Crippen molar-refractivity contribution in [2.45, 2.75) is 24.9 Å². The molecule has 0 aromatic heterocycles. The molecular formula is C5H7F5O3S. The van der Waals surface area contributed by atoms with E-state index in [4.69, 9.17) is 4.55 Å². The summed E-state index contributed by atoms with van der Waals surface area (Å²) in [6.45, 7) is 0. The monoisotopic (exact) mass is 242 g/mol. The Bertz CT molecular complexity index is 267. The van der Waals surface area contributed by atoms with E-state index in [1.54, 1.807) is 0 Å². The zero-order valence-electron chi connectivity index (χ0n) is 6.58. The molecule has 0 saturated carbocycles. The molecule has 0 aliphatic carbocycles. The summed E-state index contributed by atoms with van der Waals surface area (Å²) in [4.78, 5) is 0. The molecule has 9 heteroatoms. The van der Waals surface area contributed by atoms with Gasteiger partial charge in [-0.05, 0) is 0 Å². The third kappa shape index (κ3) is 4.70. The minimum Gasteiger partial charge on any atom is -0.285 e. The van der Waals surface area contributed by atoms with E-state index in [-0.39, 0.29) is 0 Å². The van der Waals surface area contributed by atoms with Crippen LogP contribution in [0.25, 0.3) is 0 Å². The molecular weight excluding hydrogens is 235 g/mol. The second-order valence-corrected chi connectivity index (χ2v) is 3.99. The zero-order chi connectivity index (χ0) is 11.5. The van der Waals surface area contributed by atoms with Gasteiger partial charge in [-0.2, -0.15) is 8.42 Å². The van der Waals surface area contributed by atoms with Crippen molar-refractivity contribution < 1.29 is 34.9 Å². The van der Waals surface area contributed by atoms with E-state index < -0.39 is 40.8 Å². The van der Waals surface area contributed by atoms with Crippen LogP contribution in [0.1, 0.15) is 0 Å². The van der Waals surface area contributed by atoms with Crippen LogP contribution >= 0.6 is 0 Å². The van der Waals surface area contributed by atoms with E-state index in [9.17, 15) is 30.4 Å². The van der Waals surface area contributed by atoms with Crippen molar-refractivity contribution in [2.24, 2.45) is 0 Å². The molecule has 0 aromatic rings. The molecule has 0 rings (SSSR count). The molecule has 14 heavy (non-hydrogen) atoms. The summed E-state index contributed by atoms with van der Waals surface area (Å²) in [5.41, 5.74) is 0. The lowest BCUT2D eigenvalue weighted by Crippen LogP contribution is -2.37. The predicted molar refractivity (Wildman–Crippen MR) is 37.1 cm³/mol. The van der Waals surface area contributed by atoms with Gasteiger partial charge in [-0.3, -0.25) is 4.55 Å². The molecule has 86 valence electrons. The summed E-state index contributed by atoms with van der Waals surface area (Å²) in [7, 11) is -4.85. The van der Waals surface area contributed by atoms with Crippen molar-refractivity contribution in [2.75, 3.05) is 5.75 Å². The third-order valence-corrected chi connectivity index (χ3v) is 2.00. The van der Waals surface area contributed by atoms with Gasteiger partial charge in [-0.25, -0.2) is 22.0 Å². The molecule has 0 amide bonds. The number of hydrogen-bond acceptors (Lipinski definition) is 2. The largest absolute Gasteiger partial charge is 0.285 e. The maximum absolute atomic E-state index is 12.4. The molecule has 0 bridgehead atoms. The lowest BCUT2D eigenvalue weighted by Gasteiger charge is -2.15. The lowest BCUT2D eigenvalue weighted by molar-refractivity contribution is -0.0191. The first-order chi connectivity index (χ1) is 6.15. The first-order valence-electron chi connectivity index (χ1n) is 3.30. The van der Waals surface area contributed by atoms with Crippen LogP contribution in [-0.2, 0) is 10.1 Å². The van der Waals surface area contributed by atoms with E-state index in [2.05, 4.69) is 0 Å². The highest BCUT2D eigenvalue weighted by Crippen LogP contribution is 2.19. The summed E-state index contributed by atoms with van der Waals surface area (Å²) in [5.74, 6) is -1.75. The Kier molecular flexibility index (Phi) is 4.72. The van der Waals surface area contributed by atoms with Crippen LogP contribution < -0.4 is 0 Å². The summed E-state index contributed by atoms with van der Waals surface area (Å²) < 4.78 is 87.8. The third-order valence-electron chi connectivity index (χ3n) is 1.26. The zero-order valence-corrected chi connectivity index (χ0v) is 7.39. The fraction of sp³-hybridized carbons (Fsp3) is 1.00. The van der Waals surface area contributed by atoms with Gasteiger partial charge in [0.05, 0.1) is 0 Å². The van der Waals surface area contributed by atoms with Crippen molar-refractivity contribution >= 4 is 10.1 Å². The maximum atomic E-state index is 12.4. The van der Waals surface area contributed by atoms with Crippen LogP contribution in [0.2, 0.25) is 0 Å². The highest BCUT2D eigenvalue weighted by atomic mass is 32.2. The summed E-state index contributed by atoms with van der Waals surface area (Å²) in [6, 6.07) is 0. The van der Waals surface area contributed by atoms with Crippen LogP contribution in [0.3, 0.4) is 0 Å². The standard InChI is InChI=1S/C5H7F5O3S/c6-2(1-14(11,12)13)3(7)4(8)5(9)10/h2-5H,1H2,(H,11,12,13). The molecule has 0 fully saturated rings. The lowest BCUT2D eigenvalue weighted by atomic mass is 10.2. The molecule has 0 heterocycles. The van der Waals surface area contributed by atoms with Crippen molar-refractivity contribution in [3.63, 3.8) is 0 Å². The Morgan fingerprint density at radius 1 is 1.00 bits per heavy atom. The summed E-state index contributed by atoms with van der Waals surface area (Å²) in [6.07, 6.45) is -13.5. The van der Waals surface area contributed by atoms with Gasteiger partial charge in [-0.15, -0.1) is 0 Å². The van der Waals surface area contributed by atoms with E-state index in [1.165, 1.54) is 0 Å². The first-order valence-corrected chi connectivity index (χ1v) is 4.91. The molecule has 1 N–H and O–H groups in total. The van der Waals surface area contributed by atoms with Gasteiger partial charge in [0, 0.05) is 0 Å². The molecule has 3 nitrogen and oxygen atoms in total. The second-order valence-electron chi connectivity index (χ2n) is 2.49. The van der Waals surface area contributed by atoms with Crippen molar-refractivity contribution in [3.8, 4) is 0 Å². The Hall–Kier alpha value is -0.440. The quantitative estimate of drug-likeness (QED) is 0.581. The van der Waals surface area contributed by atoms with E-state index in [1.807, 2.05) is 0 Å². The summed E-state index contributed by atoms with van der Waals surface area (Å²) in [5, 5.41) is 0. The van der Waals surface area contributed by atoms with Crippen molar-refractivity contribution in [1.29, 1.82) is 0 Å². The molecule has 3 unspecified atom stereocenters. The normalized spacial score (nSPS) is 19.4. The Balaban J connectivity index is 4.33. The van der Waals surface area contributed by atoms with Gasteiger partial charge in [-0.1, -0.05) is 0 Å². The average Bonchev–Trinajstić information content (AvgIpc) is 1.98. The first kappa shape index (κ1) is 13.6. The van der Waals surface area contributed by atoms with Crippen molar-refractivity contribution in [3.05, 3.63) is 0 Å². The van der Waals surface area contributed by atoms with E-state index in [0.717, 1.165) is 0 Å². The molecule has 0 saturated heterocycles. The maximum Gasteiger partial charge on any atom is 0.272 e. The van der Waals surface area contributed by atoms with Crippen LogP contribution in [0, 0.1) is 0 Å². The van der Waals surface area contributed by atoms with Gasteiger partial charge in [0.2, 0.25) is 0 Å². The molecule has 0 spiro atoms. The van der Waals surface area contributed by atoms with Gasteiger partial charge >= 0.3 is 0 Å². The fourth-order valence-corrected chi connectivity index (χ4v) is 1.22. The average molecular weight is 242 g/mol. The Morgan fingerprint density at radius 3 is 1.71 bits per heavy atom. The number of halogens is 5. The SMILES string of the molecule is O=S(=O)(O)CC(F)C(F)C(F)C(F)F. The molecule has 0 aliphatic rings. The van der Waals surface area contributed by atoms with Gasteiger partial charge < -0.3 is 0 Å². The molecule has 0 aromatic carbocycles. The van der Waals surface area contributed by atoms with Crippen LogP contribution in [0.4, 0.5) is 22.0 Å². The highest BCUT2D eigenvalue weighted by Gasteiger charge is 2.38. The topological polar surface area (TPSA) is 54.4 Å². The number of hydrogen-bond donors (Lipinski definition) is 1. The fourth-order valence-electron chi connectivity index (χ4n) is 0.632. The van der Waals surface area contributed by atoms with Crippen LogP contribution in [0.15, 0.2) is 0 Å².